The molecule has 2 heteroatoms. The minimum Gasteiger partial charge on any atom is -0.286 e. The summed E-state index contributed by atoms with van der Waals surface area (Å²) >= 11 is 0. The van der Waals surface area contributed by atoms with Crippen molar-refractivity contribution in [2.45, 2.75) is 154 Å². The standard InChI is InChI=1S/C41H68N2/c1-16-18-20-22-24-34(32(6)40(8,9)10)26-29(3)36-28-31(5)37(39(43-15)38(36)42-14)30(4)27-35(25-23-21-19-17-2)33(7)41(11,12)13/h26-28H,16-25H2,1-15H3/b29-26+,30-27+,34-32+,35-33+,42-38?,43-39?. The van der Waals surface area contributed by atoms with Crippen molar-refractivity contribution in [1.82, 2.24) is 0 Å². The largest absolute Gasteiger partial charge is 0.286 e. The zero-order valence-corrected chi connectivity index (χ0v) is 31.2. The van der Waals surface area contributed by atoms with Gasteiger partial charge < -0.3 is 0 Å². The van der Waals surface area contributed by atoms with Crippen LogP contribution < -0.4 is 0 Å². The molecule has 0 N–H and O–H groups in total. The van der Waals surface area contributed by atoms with E-state index < -0.39 is 0 Å². The summed E-state index contributed by atoms with van der Waals surface area (Å²) in [6.07, 6.45) is 19.7. The first-order valence-corrected chi connectivity index (χ1v) is 17.2. The third-order valence-electron chi connectivity index (χ3n) is 9.33. The maximum atomic E-state index is 4.89. The van der Waals surface area contributed by atoms with E-state index in [1.807, 2.05) is 14.1 Å². The van der Waals surface area contributed by atoms with Crippen LogP contribution in [-0.2, 0) is 0 Å². The number of hydrogen-bond donors (Lipinski definition) is 0. The zero-order chi connectivity index (χ0) is 33.0. The van der Waals surface area contributed by atoms with Crippen molar-refractivity contribution in [3.05, 3.63) is 68.4 Å². The van der Waals surface area contributed by atoms with Gasteiger partial charge in [0.1, 0.15) is 0 Å². The summed E-state index contributed by atoms with van der Waals surface area (Å²) in [5, 5.41) is 0. The molecule has 0 spiro atoms. The molecule has 0 atom stereocenters. The summed E-state index contributed by atoms with van der Waals surface area (Å²) in [6.45, 7) is 30.0. The van der Waals surface area contributed by atoms with Gasteiger partial charge in [-0.05, 0) is 105 Å². The molecular weight excluding hydrogens is 520 g/mol. The Balaban J connectivity index is 3.75. The van der Waals surface area contributed by atoms with E-state index in [9.17, 15) is 0 Å². The van der Waals surface area contributed by atoms with Gasteiger partial charge in [-0.3, -0.25) is 9.98 Å². The Morgan fingerprint density at radius 2 is 1.05 bits per heavy atom. The predicted octanol–water partition coefficient (Wildman–Crippen LogP) is 12.9. The molecule has 0 fully saturated rings. The van der Waals surface area contributed by atoms with Crippen LogP contribution in [0.25, 0.3) is 0 Å². The third-order valence-corrected chi connectivity index (χ3v) is 9.33. The maximum Gasteiger partial charge on any atom is 0.0906 e. The second kappa shape index (κ2) is 17.9. The smallest absolute Gasteiger partial charge is 0.0906 e. The number of aliphatic imine (C=N–C) groups is 2. The second-order valence-electron chi connectivity index (χ2n) is 14.8. The van der Waals surface area contributed by atoms with Gasteiger partial charge in [0.2, 0.25) is 0 Å². The van der Waals surface area contributed by atoms with Crippen molar-refractivity contribution >= 4 is 11.4 Å². The highest BCUT2D eigenvalue weighted by atomic mass is 14.8. The Kier molecular flexibility index (Phi) is 16.2. The van der Waals surface area contributed by atoms with Gasteiger partial charge in [-0.25, -0.2) is 0 Å². The van der Waals surface area contributed by atoms with Crippen LogP contribution in [0.3, 0.4) is 0 Å². The van der Waals surface area contributed by atoms with E-state index in [-0.39, 0.29) is 10.8 Å². The first-order valence-electron chi connectivity index (χ1n) is 17.2. The molecule has 0 unspecified atom stereocenters. The van der Waals surface area contributed by atoms with Crippen LogP contribution in [-0.4, -0.2) is 25.5 Å². The molecule has 2 nitrogen and oxygen atoms in total. The van der Waals surface area contributed by atoms with E-state index in [4.69, 9.17) is 9.98 Å². The fourth-order valence-corrected chi connectivity index (χ4v) is 5.89. The van der Waals surface area contributed by atoms with Crippen molar-refractivity contribution in [1.29, 1.82) is 0 Å². The molecule has 0 heterocycles. The first kappa shape index (κ1) is 38.8. The molecular formula is C41H68N2. The van der Waals surface area contributed by atoms with Crippen molar-refractivity contribution in [2.75, 3.05) is 14.1 Å². The van der Waals surface area contributed by atoms with Crippen LogP contribution in [0, 0.1) is 10.8 Å². The van der Waals surface area contributed by atoms with Gasteiger partial charge in [-0.2, -0.15) is 0 Å². The molecule has 0 aromatic carbocycles. The number of hydrogen-bond acceptors (Lipinski definition) is 2. The molecule has 43 heavy (non-hydrogen) atoms. The minimum atomic E-state index is 0.145. The molecule has 1 aliphatic rings. The lowest BCUT2D eigenvalue weighted by atomic mass is 9.79. The summed E-state index contributed by atoms with van der Waals surface area (Å²) in [6, 6.07) is 0. The maximum absolute atomic E-state index is 4.89. The van der Waals surface area contributed by atoms with E-state index in [0.717, 1.165) is 24.3 Å². The highest BCUT2D eigenvalue weighted by Gasteiger charge is 2.27. The number of rotatable bonds is 14. The molecule has 1 rings (SSSR count). The van der Waals surface area contributed by atoms with E-state index >= 15 is 0 Å². The van der Waals surface area contributed by atoms with Gasteiger partial charge in [-0.15, -0.1) is 0 Å². The van der Waals surface area contributed by atoms with Gasteiger partial charge in [0.05, 0.1) is 11.4 Å². The van der Waals surface area contributed by atoms with Crippen molar-refractivity contribution < 1.29 is 0 Å². The Morgan fingerprint density at radius 1 is 0.628 bits per heavy atom. The number of allylic oxidation sites excluding steroid dienone is 12. The monoisotopic (exact) mass is 589 g/mol. The molecule has 0 aliphatic heterocycles. The Morgan fingerprint density at radius 3 is 1.42 bits per heavy atom. The van der Waals surface area contributed by atoms with E-state index in [1.165, 1.54) is 102 Å². The molecule has 0 amide bonds. The zero-order valence-electron chi connectivity index (χ0n) is 31.2. The molecule has 0 radical (unpaired) electrons. The Hall–Kier alpha value is -2.22. The van der Waals surface area contributed by atoms with Crippen LogP contribution in [0.4, 0.5) is 0 Å². The molecule has 0 aromatic heterocycles. The fraction of sp³-hybridized carbons (Fsp3) is 0.659. The van der Waals surface area contributed by atoms with Gasteiger partial charge in [-0.1, -0.05) is 117 Å². The minimum absolute atomic E-state index is 0.145. The van der Waals surface area contributed by atoms with Crippen molar-refractivity contribution in [2.24, 2.45) is 20.8 Å². The molecule has 0 bridgehead atoms. The Bertz CT molecular complexity index is 1190. The van der Waals surface area contributed by atoms with Crippen molar-refractivity contribution in [3.63, 3.8) is 0 Å². The van der Waals surface area contributed by atoms with Gasteiger partial charge in [0.15, 0.2) is 0 Å². The van der Waals surface area contributed by atoms with E-state index in [0.29, 0.717) is 0 Å². The number of unbranched alkanes of at least 4 members (excludes halogenated alkanes) is 6. The van der Waals surface area contributed by atoms with Crippen LogP contribution >= 0.6 is 0 Å². The summed E-state index contributed by atoms with van der Waals surface area (Å²) in [5.74, 6) is 0. The molecule has 0 saturated heterocycles. The molecule has 0 saturated carbocycles. The number of nitrogens with zero attached hydrogens (tertiary/aromatic N) is 2. The van der Waals surface area contributed by atoms with Gasteiger partial charge in [0, 0.05) is 25.2 Å². The fourth-order valence-electron chi connectivity index (χ4n) is 5.89. The van der Waals surface area contributed by atoms with E-state index in [2.05, 4.69) is 108 Å². The second-order valence-corrected chi connectivity index (χ2v) is 14.8. The molecule has 242 valence electrons. The lowest BCUT2D eigenvalue weighted by Gasteiger charge is -2.26. The van der Waals surface area contributed by atoms with Gasteiger partial charge in [0.25, 0.3) is 0 Å². The molecule has 1 aliphatic carbocycles. The summed E-state index contributed by atoms with van der Waals surface area (Å²) < 4.78 is 0. The molecule has 0 aromatic rings. The van der Waals surface area contributed by atoms with Crippen LogP contribution in [0.2, 0.25) is 0 Å². The SMILES string of the molecule is CCCCCCC(/C=C(\C)C1=CC(C)=C(/C(C)=C/C(CCCCCC)=C(\C)C(C)(C)C)C(=NC)C1=NC)=C(/C)C(C)(C)C. The summed E-state index contributed by atoms with van der Waals surface area (Å²) in [7, 11) is 3.84. The lowest BCUT2D eigenvalue weighted by Crippen LogP contribution is -2.25. The van der Waals surface area contributed by atoms with E-state index in [1.54, 1.807) is 0 Å². The first-order chi connectivity index (χ1) is 20.0. The summed E-state index contributed by atoms with van der Waals surface area (Å²) in [5.41, 5.74) is 14.5. The Labute approximate surface area is 268 Å². The topological polar surface area (TPSA) is 24.7 Å². The van der Waals surface area contributed by atoms with Crippen LogP contribution in [0.5, 0.6) is 0 Å². The summed E-state index contributed by atoms with van der Waals surface area (Å²) in [4.78, 5) is 9.76. The average molecular weight is 589 g/mol. The van der Waals surface area contributed by atoms with Crippen LogP contribution in [0.15, 0.2) is 78.4 Å². The highest BCUT2D eigenvalue weighted by molar-refractivity contribution is 6.56. The van der Waals surface area contributed by atoms with Gasteiger partial charge >= 0.3 is 0 Å². The lowest BCUT2D eigenvalue weighted by molar-refractivity contribution is 0.495. The predicted molar refractivity (Wildman–Crippen MR) is 197 cm³/mol. The highest BCUT2D eigenvalue weighted by Crippen LogP contribution is 2.36. The average Bonchev–Trinajstić information content (AvgIpc) is 2.93. The van der Waals surface area contributed by atoms with Crippen LogP contribution in [0.1, 0.15) is 154 Å². The normalized spacial score (nSPS) is 18.8. The quantitative estimate of drug-likeness (QED) is 0.109. The van der Waals surface area contributed by atoms with Crippen molar-refractivity contribution in [3.8, 4) is 0 Å². The third kappa shape index (κ3) is 11.7.